The number of hydrogen-bond donors (Lipinski definition) is 1. The van der Waals surface area contributed by atoms with Gasteiger partial charge in [-0.3, -0.25) is 4.79 Å². The summed E-state index contributed by atoms with van der Waals surface area (Å²) in [6.45, 7) is 0.0473. The first-order chi connectivity index (χ1) is 13.0. The number of hydrogen-bond acceptors (Lipinski definition) is 4. The van der Waals surface area contributed by atoms with E-state index < -0.39 is 5.91 Å². The van der Waals surface area contributed by atoms with Crippen LogP contribution in [0.3, 0.4) is 0 Å². The lowest BCUT2D eigenvalue weighted by atomic mass is 10.2. The van der Waals surface area contributed by atoms with E-state index in [1.165, 1.54) is 6.21 Å². The number of halogens is 3. The fraction of sp³-hybridized carbons (Fsp3) is 0.0526. The average Bonchev–Trinajstić information content (AvgIpc) is 3.04. The van der Waals surface area contributed by atoms with Gasteiger partial charge in [0.15, 0.2) is 11.5 Å². The van der Waals surface area contributed by atoms with E-state index in [0.717, 1.165) is 5.39 Å². The maximum atomic E-state index is 12.2. The van der Waals surface area contributed by atoms with Crippen LogP contribution in [0.5, 0.6) is 5.75 Å². The topological polar surface area (TPSA) is 63.8 Å². The van der Waals surface area contributed by atoms with Crippen LogP contribution in [0.2, 0.25) is 15.1 Å². The molecule has 136 valence electrons. The average molecular weight is 422 g/mol. The summed E-state index contributed by atoms with van der Waals surface area (Å²) < 4.78 is 10.7. The first kappa shape index (κ1) is 19.1. The van der Waals surface area contributed by atoms with Crippen molar-refractivity contribution in [2.45, 2.75) is 0 Å². The van der Waals surface area contributed by atoms with E-state index in [4.69, 9.17) is 50.4 Å². The molecule has 1 heterocycles. The van der Waals surface area contributed by atoms with Crippen molar-refractivity contribution in [3.05, 3.63) is 62.8 Å². The van der Waals surface area contributed by atoms with Crippen molar-refractivity contribution in [1.82, 2.24) is 5.43 Å². The van der Waals surface area contributed by atoms with Gasteiger partial charge in [-0.25, -0.2) is 5.43 Å². The molecule has 0 saturated heterocycles. The Hall–Kier alpha value is -2.65. The van der Waals surface area contributed by atoms with Crippen molar-refractivity contribution in [3.63, 3.8) is 0 Å². The number of carbonyl (C=O) groups excluding carboxylic acids is 1. The predicted molar refractivity (Wildman–Crippen MR) is 107 cm³/mol. The van der Waals surface area contributed by atoms with Crippen LogP contribution in [0.1, 0.15) is 16.1 Å². The lowest BCUT2D eigenvalue weighted by Crippen LogP contribution is -2.16. The zero-order valence-electron chi connectivity index (χ0n) is 13.6. The number of ether oxygens (including phenoxy) is 1. The third-order valence-electron chi connectivity index (χ3n) is 3.40. The number of hydrazone groups is 1. The second-order valence-corrected chi connectivity index (χ2v) is 6.55. The molecule has 0 fully saturated rings. The number of terminal acetylenes is 1. The zero-order valence-corrected chi connectivity index (χ0v) is 15.9. The van der Waals surface area contributed by atoms with Gasteiger partial charge < -0.3 is 9.15 Å². The molecule has 0 bridgehead atoms. The fourth-order valence-corrected chi connectivity index (χ4v) is 3.05. The molecule has 0 aliphatic carbocycles. The molecule has 3 aromatic rings. The van der Waals surface area contributed by atoms with E-state index in [1.54, 1.807) is 36.4 Å². The smallest absolute Gasteiger partial charge is 0.307 e. The first-order valence-corrected chi connectivity index (χ1v) is 8.69. The van der Waals surface area contributed by atoms with Crippen molar-refractivity contribution < 1.29 is 13.9 Å². The Morgan fingerprint density at radius 1 is 1.22 bits per heavy atom. The third kappa shape index (κ3) is 4.55. The molecular formula is C19H11Cl3N2O3. The Kier molecular flexibility index (Phi) is 5.92. The minimum atomic E-state index is -0.510. The van der Waals surface area contributed by atoms with Crippen LogP contribution in [0.4, 0.5) is 0 Å². The number of furan rings is 1. The van der Waals surface area contributed by atoms with Crippen LogP contribution >= 0.6 is 34.8 Å². The van der Waals surface area contributed by atoms with Gasteiger partial charge in [0.05, 0.1) is 16.3 Å². The molecule has 3 rings (SSSR count). The minimum absolute atomic E-state index is 0.0473. The summed E-state index contributed by atoms with van der Waals surface area (Å²) in [5.41, 5.74) is 3.49. The monoisotopic (exact) mass is 420 g/mol. The second-order valence-electron chi connectivity index (χ2n) is 5.30. The van der Waals surface area contributed by atoms with Gasteiger partial charge in [0, 0.05) is 10.4 Å². The van der Waals surface area contributed by atoms with E-state index in [0.29, 0.717) is 21.9 Å². The molecular weight excluding hydrogens is 411 g/mol. The summed E-state index contributed by atoms with van der Waals surface area (Å²) in [7, 11) is 0. The van der Waals surface area contributed by atoms with E-state index in [9.17, 15) is 4.79 Å². The molecule has 0 atom stereocenters. The van der Waals surface area contributed by atoms with Gasteiger partial charge in [-0.15, -0.1) is 6.42 Å². The Morgan fingerprint density at radius 2 is 1.96 bits per heavy atom. The van der Waals surface area contributed by atoms with E-state index in [2.05, 4.69) is 16.4 Å². The maximum Gasteiger partial charge on any atom is 0.307 e. The molecule has 1 aromatic heterocycles. The van der Waals surface area contributed by atoms with E-state index >= 15 is 0 Å². The van der Waals surface area contributed by atoms with Crippen molar-refractivity contribution in [3.8, 4) is 18.1 Å². The van der Waals surface area contributed by atoms with Crippen molar-refractivity contribution in [2.24, 2.45) is 5.10 Å². The van der Waals surface area contributed by atoms with E-state index in [1.807, 2.05) is 0 Å². The third-order valence-corrected chi connectivity index (χ3v) is 4.20. The van der Waals surface area contributed by atoms with E-state index in [-0.39, 0.29) is 22.4 Å². The van der Waals surface area contributed by atoms with Gasteiger partial charge in [-0.05, 0) is 42.0 Å². The summed E-state index contributed by atoms with van der Waals surface area (Å²) in [5.74, 6) is 2.22. The van der Waals surface area contributed by atoms with Crippen molar-refractivity contribution >= 4 is 57.9 Å². The molecule has 1 amide bonds. The highest BCUT2D eigenvalue weighted by Gasteiger charge is 2.12. The normalized spacial score (nSPS) is 10.9. The number of nitrogens with one attached hydrogen (secondary N) is 1. The number of fused-ring (bicyclic) bond motifs is 1. The SMILES string of the molecule is C#CCOc1c(Cl)cc(/C=N/NC(=O)c2cc3cc(Cl)ccc3o2)cc1Cl. The number of carbonyl (C=O) groups is 1. The van der Waals surface area contributed by atoms with Gasteiger partial charge in [0.1, 0.15) is 12.2 Å². The fourth-order valence-electron chi connectivity index (χ4n) is 2.25. The lowest BCUT2D eigenvalue weighted by Gasteiger charge is -2.08. The molecule has 0 aliphatic rings. The Labute approximate surface area is 169 Å². The molecule has 2 aromatic carbocycles. The number of nitrogens with zero attached hydrogens (tertiary/aromatic N) is 1. The number of benzene rings is 2. The Morgan fingerprint density at radius 3 is 2.67 bits per heavy atom. The summed E-state index contributed by atoms with van der Waals surface area (Å²) in [6, 6.07) is 9.81. The Bertz CT molecular complexity index is 1060. The van der Waals surface area contributed by atoms with Crippen LogP contribution in [0.15, 0.2) is 45.9 Å². The number of rotatable bonds is 5. The van der Waals surface area contributed by atoms with Gasteiger partial charge in [-0.1, -0.05) is 40.7 Å². The predicted octanol–water partition coefficient (Wildman–Crippen LogP) is 5.17. The van der Waals surface area contributed by atoms with Gasteiger partial charge in [0.25, 0.3) is 0 Å². The lowest BCUT2D eigenvalue weighted by molar-refractivity contribution is 0.0929. The Balaban J connectivity index is 1.71. The van der Waals surface area contributed by atoms with Gasteiger partial charge in [-0.2, -0.15) is 5.10 Å². The standard InChI is InChI=1S/C19H11Cl3N2O3/c1-2-5-26-18-14(21)6-11(7-15(18)22)10-23-24-19(25)17-9-12-8-13(20)3-4-16(12)27-17/h1,3-4,6-10H,5H2,(H,24,25)/b23-10+. The largest absolute Gasteiger partial charge is 0.478 e. The van der Waals surface area contributed by atoms with Crippen LogP contribution in [0, 0.1) is 12.3 Å². The van der Waals surface area contributed by atoms with Gasteiger partial charge in [0.2, 0.25) is 0 Å². The summed E-state index contributed by atoms with van der Waals surface area (Å²) in [4.78, 5) is 12.2. The van der Waals surface area contributed by atoms with Crippen LogP contribution in [-0.2, 0) is 0 Å². The highest BCUT2D eigenvalue weighted by Crippen LogP contribution is 2.33. The van der Waals surface area contributed by atoms with Crippen molar-refractivity contribution in [2.75, 3.05) is 6.61 Å². The second kappa shape index (κ2) is 8.36. The molecule has 0 spiro atoms. The van der Waals surface area contributed by atoms with Crippen molar-refractivity contribution in [1.29, 1.82) is 0 Å². The van der Waals surface area contributed by atoms with Crippen LogP contribution in [-0.4, -0.2) is 18.7 Å². The minimum Gasteiger partial charge on any atom is -0.478 e. The highest BCUT2D eigenvalue weighted by molar-refractivity contribution is 6.37. The first-order valence-electron chi connectivity index (χ1n) is 7.55. The van der Waals surface area contributed by atoms with Gasteiger partial charge >= 0.3 is 5.91 Å². The molecule has 27 heavy (non-hydrogen) atoms. The van der Waals surface area contributed by atoms with Crippen LogP contribution in [0.25, 0.3) is 11.0 Å². The highest BCUT2D eigenvalue weighted by atomic mass is 35.5. The summed E-state index contributed by atoms with van der Waals surface area (Å²) in [6.07, 6.45) is 6.53. The maximum absolute atomic E-state index is 12.2. The molecule has 5 nitrogen and oxygen atoms in total. The molecule has 0 aliphatic heterocycles. The summed E-state index contributed by atoms with van der Waals surface area (Å²) >= 11 is 18.1. The molecule has 0 saturated carbocycles. The number of amides is 1. The molecule has 1 N–H and O–H groups in total. The molecule has 8 heteroatoms. The summed E-state index contributed by atoms with van der Waals surface area (Å²) in [5, 5.41) is 5.71. The molecule has 0 radical (unpaired) electrons. The van der Waals surface area contributed by atoms with Crippen LogP contribution < -0.4 is 10.2 Å². The zero-order chi connectivity index (χ0) is 19.4. The quantitative estimate of drug-likeness (QED) is 0.351. The molecule has 0 unspecified atom stereocenters.